The van der Waals surface area contributed by atoms with Gasteiger partial charge in [0.25, 0.3) is 0 Å². The van der Waals surface area contributed by atoms with Crippen LogP contribution >= 0.6 is 11.6 Å². The highest BCUT2D eigenvalue weighted by Crippen LogP contribution is 2.10. The number of nitrogens with zero attached hydrogens (tertiary/aromatic N) is 1. The van der Waals surface area contributed by atoms with Crippen LogP contribution in [0.2, 0.25) is 0 Å². The standard InChI is InChI=1S/C7H8ClN/c1-6-2-3-7(8)4-5-9-6/h2-3,5H,4H2,1H3. The lowest BCUT2D eigenvalue weighted by molar-refractivity contribution is 1.31. The SMILES string of the molecule is CC1=CC=C(Cl)CC=N1. The second-order valence-corrected chi connectivity index (χ2v) is 2.42. The highest BCUT2D eigenvalue weighted by Gasteiger charge is 1.91. The molecule has 0 aromatic carbocycles. The molecule has 0 amide bonds. The van der Waals surface area contributed by atoms with Crippen LogP contribution in [0.25, 0.3) is 0 Å². The molecule has 0 aromatic heterocycles. The first-order chi connectivity index (χ1) is 4.29. The fourth-order valence-electron chi connectivity index (χ4n) is 0.599. The van der Waals surface area contributed by atoms with E-state index < -0.39 is 0 Å². The maximum Gasteiger partial charge on any atom is 0.0369 e. The first-order valence-electron chi connectivity index (χ1n) is 2.84. The zero-order valence-corrected chi connectivity index (χ0v) is 6.02. The van der Waals surface area contributed by atoms with Gasteiger partial charge in [-0.3, -0.25) is 4.99 Å². The first kappa shape index (κ1) is 6.56. The van der Waals surface area contributed by atoms with Crippen molar-refractivity contribution in [3.05, 3.63) is 22.9 Å². The van der Waals surface area contributed by atoms with E-state index in [4.69, 9.17) is 11.6 Å². The average molecular weight is 142 g/mol. The summed E-state index contributed by atoms with van der Waals surface area (Å²) in [7, 11) is 0. The van der Waals surface area contributed by atoms with Crippen molar-refractivity contribution in [1.82, 2.24) is 0 Å². The first-order valence-corrected chi connectivity index (χ1v) is 3.22. The Balaban J connectivity index is 2.80. The molecule has 0 N–H and O–H groups in total. The monoisotopic (exact) mass is 141 g/mol. The van der Waals surface area contributed by atoms with Crippen molar-refractivity contribution in [2.75, 3.05) is 0 Å². The van der Waals surface area contributed by atoms with Crippen LogP contribution < -0.4 is 0 Å². The Labute approximate surface area is 59.7 Å². The van der Waals surface area contributed by atoms with Crippen LogP contribution in [-0.2, 0) is 0 Å². The molecule has 1 aliphatic heterocycles. The molecule has 2 heteroatoms. The summed E-state index contributed by atoms with van der Waals surface area (Å²) in [4.78, 5) is 4.07. The molecule has 48 valence electrons. The molecule has 0 spiro atoms. The fourth-order valence-corrected chi connectivity index (χ4v) is 0.731. The Morgan fingerprint density at radius 1 is 1.56 bits per heavy atom. The van der Waals surface area contributed by atoms with Crippen molar-refractivity contribution in [1.29, 1.82) is 0 Å². The molecule has 0 bridgehead atoms. The van der Waals surface area contributed by atoms with Gasteiger partial charge >= 0.3 is 0 Å². The van der Waals surface area contributed by atoms with Crippen molar-refractivity contribution in [2.24, 2.45) is 4.99 Å². The minimum absolute atomic E-state index is 0.759. The van der Waals surface area contributed by atoms with Crippen LogP contribution in [0.1, 0.15) is 13.3 Å². The maximum absolute atomic E-state index is 5.71. The van der Waals surface area contributed by atoms with Crippen molar-refractivity contribution in [2.45, 2.75) is 13.3 Å². The number of hydrogen-bond donors (Lipinski definition) is 0. The third kappa shape index (κ3) is 2.02. The zero-order valence-electron chi connectivity index (χ0n) is 5.26. The van der Waals surface area contributed by atoms with Gasteiger partial charge in [0.1, 0.15) is 0 Å². The van der Waals surface area contributed by atoms with Gasteiger partial charge in [0.15, 0.2) is 0 Å². The van der Waals surface area contributed by atoms with Crippen LogP contribution in [0, 0.1) is 0 Å². The van der Waals surface area contributed by atoms with Crippen LogP contribution in [0.4, 0.5) is 0 Å². The molecule has 1 heterocycles. The average Bonchev–Trinajstić information content (AvgIpc) is 1.97. The molecule has 9 heavy (non-hydrogen) atoms. The van der Waals surface area contributed by atoms with Crippen LogP contribution in [-0.4, -0.2) is 6.21 Å². The van der Waals surface area contributed by atoms with E-state index in [1.165, 1.54) is 0 Å². The van der Waals surface area contributed by atoms with Gasteiger partial charge in [0.2, 0.25) is 0 Å². The normalized spacial score (nSPS) is 18.4. The Morgan fingerprint density at radius 3 is 3.11 bits per heavy atom. The van der Waals surface area contributed by atoms with Crippen molar-refractivity contribution in [3.63, 3.8) is 0 Å². The maximum atomic E-state index is 5.71. The van der Waals surface area contributed by atoms with E-state index in [-0.39, 0.29) is 0 Å². The number of allylic oxidation sites excluding steroid dienone is 4. The van der Waals surface area contributed by atoms with Crippen LogP contribution in [0.3, 0.4) is 0 Å². The van der Waals surface area contributed by atoms with E-state index in [0.717, 1.165) is 17.2 Å². The van der Waals surface area contributed by atoms with Crippen LogP contribution in [0.5, 0.6) is 0 Å². The molecule has 1 rings (SSSR count). The van der Waals surface area contributed by atoms with Crippen LogP contribution in [0.15, 0.2) is 27.9 Å². The third-order valence-electron chi connectivity index (χ3n) is 1.09. The number of halogens is 1. The largest absolute Gasteiger partial charge is 0.266 e. The lowest BCUT2D eigenvalue weighted by atomic mass is 10.4. The molecule has 1 aliphatic rings. The van der Waals surface area contributed by atoms with E-state index >= 15 is 0 Å². The van der Waals surface area contributed by atoms with Gasteiger partial charge in [-0.1, -0.05) is 11.6 Å². The summed E-state index contributed by atoms with van der Waals surface area (Å²) in [5, 5.41) is 0.843. The Kier molecular flexibility index (Phi) is 2.06. The Morgan fingerprint density at radius 2 is 2.33 bits per heavy atom. The number of rotatable bonds is 0. The van der Waals surface area contributed by atoms with Crippen molar-refractivity contribution < 1.29 is 0 Å². The van der Waals surface area contributed by atoms with Gasteiger partial charge in [0, 0.05) is 23.4 Å². The lowest BCUT2D eigenvalue weighted by Crippen LogP contribution is -1.71. The summed E-state index contributed by atoms with van der Waals surface area (Å²) in [6.07, 6.45) is 6.36. The van der Waals surface area contributed by atoms with E-state index in [1.807, 2.05) is 25.3 Å². The minimum Gasteiger partial charge on any atom is -0.266 e. The van der Waals surface area contributed by atoms with E-state index in [9.17, 15) is 0 Å². The van der Waals surface area contributed by atoms with Gasteiger partial charge in [0.05, 0.1) is 0 Å². The van der Waals surface area contributed by atoms with Crippen molar-refractivity contribution in [3.8, 4) is 0 Å². The molecule has 0 saturated heterocycles. The van der Waals surface area contributed by atoms with E-state index in [1.54, 1.807) is 0 Å². The highest BCUT2D eigenvalue weighted by molar-refractivity contribution is 6.30. The molecular weight excluding hydrogens is 134 g/mol. The highest BCUT2D eigenvalue weighted by atomic mass is 35.5. The second kappa shape index (κ2) is 2.83. The topological polar surface area (TPSA) is 12.4 Å². The molecular formula is C7H8ClN. The molecule has 0 aliphatic carbocycles. The molecule has 0 fully saturated rings. The molecule has 1 nitrogen and oxygen atoms in total. The number of aliphatic imine (C=N–C) groups is 1. The Hall–Kier alpha value is -0.560. The van der Waals surface area contributed by atoms with Gasteiger partial charge in [-0.05, 0) is 19.1 Å². The summed E-state index contributed by atoms with van der Waals surface area (Å²) in [6.45, 7) is 1.95. The summed E-state index contributed by atoms with van der Waals surface area (Å²) >= 11 is 5.71. The van der Waals surface area contributed by atoms with Gasteiger partial charge in [-0.15, -0.1) is 0 Å². The minimum atomic E-state index is 0.759. The van der Waals surface area contributed by atoms with E-state index in [2.05, 4.69) is 4.99 Å². The molecule has 0 aromatic rings. The zero-order chi connectivity index (χ0) is 6.69. The van der Waals surface area contributed by atoms with Gasteiger partial charge < -0.3 is 0 Å². The van der Waals surface area contributed by atoms with Crippen molar-refractivity contribution >= 4 is 17.8 Å². The summed E-state index contributed by atoms with van der Waals surface area (Å²) in [6, 6.07) is 0. The summed E-state index contributed by atoms with van der Waals surface area (Å²) in [5.74, 6) is 0. The Bertz CT molecular complexity index is 189. The third-order valence-corrected chi connectivity index (χ3v) is 1.37. The fraction of sp³-hybridized carbons (Fsp3) is 0.286. The molecule has 0 atom stereocenters. The number of hydrogen-bond acceptors (Lipinski definition) is 1. The molecule has 0 unspecified atom stereocenters. The quantitative estimate of drug-likeness (QED) is 0.492. The summed E-state index contributed by atoms with van der Waals surface area (Å²) < 4.78 is 0. The van der Waals surface area contributed by atoms with Gasteiger partial charge in [-0.2, -0.15) is 0 Å². The lowest BCUT2D eigenvalue weighted by Gasteiger charge is -1.82. The van der Waals surface area contributed by atoms with E-state index in [0.29, 0.717) is 0 Å². The van der Waals surface area contributed by atoms with Gasteiger partial charge in [-0.25, -0.2) is 0 Å². The predicted octanol–water partition coefficient (Wildman–Crippen LogP) is 2.49. The summed E-state index contributed by atoms with van der Waals surface area (Å²) in [5.41, 5.74) is 1.01. The predicted molar refractivity (Wildman–Crippen MR) is 40.8 cm³/mol. The smallest absolute Gasteiger partial charge is 0.0369 e. The second-order valence-electron chi connectivity index (χ2n) is 1.94. The molecule has 0 radical (unpaired) electrons. The molecule has 0 saturated carbocycles.